The molecule has 10 nitrogen and oxygen atoms in total. The number of nitrogens with zero attached hydrogens (tertiary/aromatic N) is 5. The summed E-state index contributed by atoms with van der Waals surface area (Å²) in [6.45, 7) is 7.73. The van der Waals surface area contributed by atoms with Crippen molar-refractivity contribution in [1.29, 1.82) is 0 Å². The molecule has 3 heterocycles. The van der Waals surface area contributed by atoms with Crippen molar-refractivity contribution in [3.8, 4) is 17.2 Å². The summed E-state index contributed by atoms with van der Waals surface area (Å²) >= 11 is 0. The van der Waals surface area contributed by atoms with Crippen LogP contribution in [0.3, 0.4) is 0 Å². The van der Waals surface area contributed by atoms with E-state index in [9.17, 15) is 0 Å². The van der Waals surface area contributed by atoms with Crippen LogP contribution < -0.4 is 25.4 Å². The number of nitrogen functional groups attached to an aromatic ring is 1. The van der Waals surface area contributed by atoms with Crippen molar-refractivity contribution < 1.29 is 14.2 Å². The number of hydrogen-bond donors (Lipinski definition) is 2. The van der Waals surface area contributed by atoms with Gasteiger partial charge >= 0.3 is 0 Å². The molecule has 0 amide bonds. The quantitative estimate of drug-likeness (QED) is 0.393. The predicted molar refractivity (Wildman–Crippen MR) is 136 cm³/mol. The molecule has 0 unspecified atom stereocenters. The van der Waals surface area contributed by atoms with Crippen LogP contribution in [0.25, 0.3) is 16.9 Å². The molecule has 2 aromatic heterocycles. The molecule has 0 saturated carbocycles. The Labute approximate surface area is 203 Å². The summed E-state index contributed by atoms with van der Waals surface area (Å²) in [5.41, 5.74) is 9.30. The predicted octanol–water partition coefficient (Wildman–Crippen LogP) is 3.78. The number of fused-ring (bicyclic) bond motifs is 1. The van der Waals surface area contributed by atoms with Gasteiger partial charge in [0, 0.05) is 30.9 Å². The standard InChI is InChI=1S/C25H29N7O3/c1-3-34-19-9-5-7-17(15-19)27-25-29-22(31-11-13-33-14-12-31)21-23(30-25)32(24(26)28-21)18-8-6-10-20(16-18)35-4-2/h5-10,15-16H,3-4,11-14H2,1-2H3,(H2,26,28)(H,27,29,30). The van der Waals surface area contributed by atoms with Crippen molar-refractivity contribution in [3.63, 3.8) is 0 Å². The fourth-order valence-electron chi connectivity index (χ4n) is 4.11. The van der Waals surface area contributed by atoms with E-state index in [-0.39, 0.29) is 0 Å². The minimum atomic E-state index is 0.327. The van der Waals surface area contributed by atoms with Gasteiger partial charge in [0.25, 0.3) is 0 Å². The minimum absolute atomic E-state index is 0.327. The molecule has 0 atom stereocenters. The maximum atomic E-state index is 6.43. The number of imidazole rings is 1. The van der Waals surface area contributed by atoms with Gasteiger partial charge in [-0.25, -0.2) is 4.98 Å². The number of nitrogens with two attached hydrogens (primary N) is 1. The molecule has 0 radical (unpaired) electrons. The first-order valence-electron chi connectivity index (χ1n) is 11.8. The highest BCUT2D eigenvalue weighted by Crippen LogP contribution is 2.32. The van der Waals surface area contributed by atoms with Gasteiger partial charge in [-0.15, -0.1) is 0 Å². The van der Waals surface area contributed by atoms with Crippen molar-refractivity contribution in [2.24, 2.45) is 0 Å². The second-order valence-electron chi connectivity index (χ2n) is 7.96. The van der Waals surface area contributed by atoms with Crippen LogP contribution in [0, 0.1) is 0 Å². The highest BCUT2D eigenvalue weighted by atomic mass is 16.5. The van der Waals surface area contributed by atoms with Crippen LogP contribution in [-0.4, -0.2) is 59.0 Å². The minimum Gasteiger partial charge on any atom is -0.494 e. The van der Waals surface area contributed by atoms with Crippen molar-refractivity contribution in [1.82, 2.24) is 19.5 Å². The average Bonchev–Trinajstić information content (AvgIpc) is 3.20. The van der Waals surface area contributed by atoms with Gasteiger partial charge in [0.15, 0.2) is 17.0 Å². The molecule has 2 aromatic carbocycles. The molecule has 3 N–H and O–H groups in total. The molecule has 0 spiro atoms. The van der Waals surface area contributed by atoms with Gasteiger partial charge in [-0.2, -0.15) is 9.97 Å². The van der Waals surface area contributed by atoms with E-state index in [0.29, 0.717) is 68.4 Å². The summed E-state index contributed by atoms with van der Waals surface area (Å²) in [6.07, 6.45) is 0. The number of anilines is 4. The third-order valence-corrected chi connectivity index (χ3v) is 5.61. The lowest BCUT2D eigenvalue weighted by Gasteiger charge is -2.28. The van der Waals surface area contributed by atoms with E-state index in [2.05, 4.69) is 15.2 Å². The number of rotatable bonds is 8. The second-order valence-corrected chi connectivity index (χ2v) is 7.96. The molecule has 0 aliphatic carbocycles. The van der Waals surface area contributed by atoms with E-state index in [4.69, 9.17) is 29.9 Å². The molecule has 1 aliphatic heterocycles. The van der Waals surface area contributed by atoms with Gasteiger partial charge < -0.3 is 30.2 Å². The number of benzene rings is 2. The number of hydrogen-bond acceptors (Lipinski definition) is 9. The molecular weight excluding hydrogens is 446 g/mol. The van der Waals surface area contributed by atoms with E-state index in [1.165, 1.54) is 0 Å². The molecule has 1 saturated heterocycles. The molecule has 4 aromatic rings. The Kier molecular flexibility index (Phi) is 6.53. The summed E-state index contributed by atoms with van der Waals surface area (Å²) in [6, 6.07) is 15.4. The second kappa shape index (κ2) is 10.1. The number of morpholine rings is 1. The van der Waals surface area contributed by atoms with Crippen LogP contribution in [0.2, 0.25) is 0 Å². The van der Waals surface area contributed by atoms with E-state index in [0.717, 1.165) is 22.9 Å². The normalized spacial score (nSPS) is 13.7. The van der Waals surface area contributed by atoms with Gasteiger partial charge in [0.2, 0.25) is 11.9 Å². The summed E-state index contributed by atoms with van der Waals surface area (Å²) in [7, 11) is 0. The maximum Gasteiger partial charge on any atom is 0.231 e. The molecule has 1 aliphatic rings. The van der Waals surface area contributed by atoms with Gasteiger partial charge in [0.05, 0.1) is 32.1 Å². The van der Waals surface area contributed by atoms with Crippen molar-refractivity contribution in [3.05, 3.63) is 48.5 Å². The van der Waals surface area contributed by atoms with Gasteiger partial charge in [-0.1, -0.05) is 12.1 Å². The zero-order valence-electron chi connectivity index (χ0n) is 19.9. The Hall–Kier alpha value is -4.05. The van der Waals surface area contributed by atoms with Gasteiger partial charge in [-0.05, 0) is 38.1 Å². The van der Waals surface area contributed by atoms with Crippen molar-refractivity contribution in [2.45, 2.75) is 13.8 Å². The Morgan fingerprint density at radius 2 is 1.66 bits per heavy atom. The molecule has 5 rings (SSSR count). The van der Waals surface area contributed by atoms with Crippen LogP contribution in [0.5, 0.6) is 11.5 Å². The van der Waals surface area contributed by atoms with Crippen LogP contribution in [-0.2, 0) is 4.74 Å². The third-order valence-electron chi connectivity index (χ3n) is 5.61. The van der Waals surface area contributed by atoms with E-state index in [1.807, 2.05) is 66.9 Å². The van der Waals surface area contributed by atoms with Gasteiger partial charge in [0.1, 0.15) is 11.5 Å². The summed E-state index contributed by atoms with van der Waals surface area (Å²) in [4.78, 5) is 16.5. The van der Waals surface area contributed by atoms with Crippen LogP contribution in [0.4, 0.5) is 23.4 Å². The zero-order valence-corrected chi connectivity index (χ0v) is 19.9. The molecule has 182 valence electrons. The van der Waals surface area contributed by atoms with E-state index < -0.39 is 0 Å². The molecule has 0 bridgehead atoms. The SMILES string of the molecule is CCOc1cccc(Nc2nc(N3CCOCC3)c3nc(N)n(-c4cccc(OCC)c4)c3n2)c1. The molecular formula is C25H29N7O3. The van der Waals surface area contributed by atoms with Crippen LogP contribution >= 0.6 is 0 Å². The Bertz CT molecular complexity index is 1320. The summed E-state index contributed by atoms with van der Waals surface area (Å²) in [5, 5.41) is 3.33. The first-order valence-corrected chi connectivity index (χ1v) is 11.8. The highest BCUT2D eigenvalue weighted by Gasteiger charge is 2.23. The Balaban J connectivity index is 1.63. The lowest BCUT2D eigenvalue weighted by Crippen LogP contribution is -2.37. The average molecular weight is 476 g/mol. The van der Waals surface area contributed by atoms with Crippen molar-refractivity contribution >= 4 is 34.6 Å². The molecule has 1 fully saturated rings. The number of aromatic nitrogens is 4. The first kappa shape index (κ1) is 22.7. The fraction of sp³-hybridized carbons (Fsp3) is 0.320. The fourth-order valence-corrected chi connectivity index (χ4v) is 4.11. The van der Waals surface area contributed by atoms with E-state index in [1.54, 1.807) is 0 Å². The molecule has 10 heteroatoms. The lowest BCUT2D eigenvalue weighted by atomic mass is 10.3. The molecule has 35 heavy (non-hydrogen) atoms. The first-order chi connectivity index (χ1) is 17.2. The Morgan fingerprint density at radius 1 is 0.943 bits per heavy atom. The topological polar surface area (TPSA) is 113 Å². The summed E-state index contributed by atoms with van der Waals surface area (Å²) < 4.78 is 18.7. The monoisotopic (exact) mass is 475 g/mol. The largest absolute Gasteiger partial charge is 0.494 e. The number of ether oxygens (including phenoxy) is 3. The van der Waals surface area contributed by atoms with Gasteiger partial charge in [-0.3, -0.25) is 4.57 Å². The Morgan fingerprint density at radius 3 is 2.40 bits per heavy atom. The van der Waals surface area contributed by atoms with E-state index >= 15 is 0 Å². The van der Waals surface area contributed by atoms with Crippen LogP contribution in [0.1, 0.15) is 13.8 Å². The zero-order chi connectivity index (χ0) is 24.2. The van der Waals surface area contributed by atoms with Crippen LogP contribution in [0.15, 0.2) is 48.5 Å². The number of nitrogens with one attached hydrogen (secondary N) is 1. The lowest BCUT2D eigenvalue weighted by molar-refractivity contribution is 0.122. The highest BCUT2D eigenvalue weighted by molar-refractivity contribution is 5.89. The summed E-state index contributed by atoms with van der Waals surface area (Å²) in [5.74, 6) is 3.00. The van der Waals surface area contributed by atoms with Crippen molar-refractivity contribution in [2.75, 3.05) is 55.5 Å². The maximum absolute atomic E-state index is 6.43. The smallest absolute Gasteiger partial charge is 0.231 e. The third kappa shape index (κ3) is 4.78.